The highest BCUT2D eigenvalue weighted by molar-refractivity contribution is 5.99. The Morgan fingerprint density at radius 3 is 2.46 bits per heavy atom. The van der Waals surface area contributed by atoms with Crippen LogP contribution in [0.2, 0.25) is 0 Å². The lowest BCUT2D eigenvalue weighted by Crippen LogP contribution is -2.40. The largest absolute Gasteiger partial charge is 0.490 e. The van der Waals surface area contributed by atoms with Crippen molar-refractivity contribution in [3.8, 4) is 5.75 Å². The molecule has 6 nitrogen and oxygen atoms in total. The van der Waals surface area contributed by atoms with Gasteiger partial charge in [-0.05, 0) is 52.3 Å². The summed E-state index contributed by atoms with van der Waals surface area (Å²) in [5, 5.41) is 2.76. The molecule has 134 valence electrons. The topological polar surface area (TPSA) is 73.9 Å². The first-order chi connectivity index (χ1) is 11.2. The number of nitrogens with one attached hydrogen (secondary N) is 1. The van der Waals surface area contributed by atoms with Gasteiger partial charge in [-0.25, -0.2) is 4.79 Å². The zero-order chi connectivity index (χ0) is 18.3. The molecule has 0 aromatic heterocycles. The number of methoxy groups -OCH3 is 1. The lowest BCUT2D eigenvalue weighted by atomic mass is 10.1. The number of esters is 1. The maximum atomic E-state index is 12.4. The van der Waals surface area contributed by atoms with Crippen LogP contribution in [0.25, 0.3) is 0 Å². The van der Waals surface area contributed by atoms with Gasteiger partial charge >= 0.3 is 5.97 Å². The fourth-order valence-corrected chi connectivity index (χ4v) is 1.94. The van der Waals surface area contributed by atoms with Crippen LogP contribution in [0, 0.1) is 0 Å². The van der Waals surface area contributed by atoms with Crippen LogP contribution >= 0.6 is 0 Å². The minimum atomic E-state index is -0.964. The van der Waals surface area contributed by atoms with E-state index in [1.807, 2.05) is 20.8 Å². The van der Waals surface area contributed by atoms with E-state index in [2.05, 4.69) is 5.32 Å². The number of hydrogen-bond donors (Lipinski definition) is 1. The van der Waals surface area contributed by atoms with E-state index < -0.39 is 11.6 Å². The highest BCUT2D eigenvalue weighted by Crippen LogP contribution is 2.25. The molecule has 1 aromatic rings. The molecule has 0 heterocycles. The van der Waals surface area contributed by atoms with Gasteiger partial charge in [0.25, 0.3) is 5.91 Å². The molecule has 1 aromatic carbocycles. The van der Waals surface area contributed by atoms with E-state index in [4.69, 9.17) is 14.2 Å². The van der Waals surface area contributed by atoms with Gasteiger partial charge in [0.1, 0.15) is 16.9 Å². The summed E-state index contributed by atoms with van der Waals surface area (Å²) in [4.78, 5) is 24.3. The van der Waals surface area contributed by atoms with Crippen molar-refractivity contribution in [1.29, 1.82) is 0 Å². The molecular weight excluding hydrogens is 310 g/mol. The molecule has 0 aliphatic carbocycles. The lowest BCUT2D eigenvalue weighted by Gasteiger charge is -2.24. The Morgan fingerprint density at radius 2 is 1.92 bits per heavy atom. The number of hydrogen-bond acceptors (Lipinski definition) is 5. The van der Waals surface area contributed by atoms with Crippen molar-refractivity contribution in [2.45, 2.75) is 52.7 Å². The summed E-state index contributed by atoms with van der Waals surface area (Å²) in [7, 11) is 1.30. The molecule has 0 fully saturated rings. The third-order valence-corrected chi connectivity index (χ3v) is 3.22. The van der Waals surface area contributed by atoms with Crippen LogP contribution in [0.4, 0.5) is 5.69 Å². The number of ether oxygens (including phenoxy) is 3. The number of anilines is 1. The highest BCUT2D eigenvalue weighted by Gasteiger charge is 2.28. The molecule has 0 atom stereocenters. The van der Waals surface area contributed by atoms with Crippen LogP contribution in [-0.2, 0) is 14.3 Å². The third kappa shape index (κ3) is 5.53. The van der Waals surface area contributed by atoms with Gasteiger partial charge in [0, 0.05) is 12.3 Å². The van der Waals surface area contributed by atoms with E-state index >= 15 is 0 Å². The summed E-state index contributed by atoms with van der Waals surface area (Å²) >= 11 is 0. The molecule has 0 aliphatic rings. The van der Waals surface area contributed by atoms with E-state index in [9.17, 15) is 9.59 Å². The molecule has 0 spiro atoms. The van der Waals surface area contributed by atoms with Gasteiger partial charge in [-0.1, -0.05) is 6.92 Å². The lowest BCUT2D eigenvalue weighted by molar-refractivity contribution is -0.137. The average molecular weight is 337 g/mol. The van der Waals surface area contributed by atoms with E-state index in [1.165, 1.54) is 13.2 Å². The molecule has 1 N–H and O–H groups in total. The summed E-state index contributed by atoms with van der Waals surface area (Å²) in [5.41, 5.74) is -0.227. The minimum absolute atomic E-state index is 0.0878. The van der Waals surface area contributed by atoms with E-state index in [1.54, 1.807) is 26.0 Å². The van der Waals surface area contributed by atoms with Crippen molar-refractivity contribution in [3.05, 3.63) is 23.8 Å². The van der Waals surface area contributed by atoms with Crippen molar-refractivity contribution in [2.75, 3.05) is 19.0 Å². The summed E-state index contributed by atoms with van der Waals surface area (Å²) < 4.78 is 16.0. The van der Waals surface area contributed by atoms with Gasteiger partial charge in [-0.3, -0.25) is 4.79 Å². The molecule has 0 bridgehead atoms. The Bertz CT molecular complexity index is 581. The predicted octanol–water partition coefficient (Wildman–Crippen LogP) is 3.40. The Hall–Kier alpha value is -2.08. The molecule has 6 heteroatoms. The fraction of sp³-hybridized carbons (Fsp3) is 0.556. The number of carbonyl (C=O) groups excluding carboxylic acids is 2. The van der Waals surface area contributed by atoms with Crippen LogP contribution in [0.1, 0.15) is 51.4 Å². The normalized spacial score (nSPS) is 11.3. The Kier molecular flexibility index (Phi) is 7.22. The van der Waals surface area contributed by atoms with Crippen LogP contribution in [0.5, 0.6) is 5.75 Å². The second-order valence-corrected chi connectivity index (χ2v) is 6.18. The molecule has 0 saturated heterocycles. The highest BCUT2D eigenvalue weighted by atomic mass is 16.5. The van der Waals surface area contributed by atoms with Gasteiger partial charge < -0.3 is 19.5 Å². The fourth-order valence-electron chi connectivity index (χ4n) is 1.94. The molecular formula is C18H27NO5. The Labute approximate surface area is 143 Å². The summed E-state index contributed by atoms with van der Waals surface area (Å²) in [5.74, 6) is -0.399. The summed E-state index contributed by atoms with van der Waals surface area (Å²) in [6.07, 6.45) is 0.736. The first-order valence-corrected chi connectivity index (χ1v) is 8.05. The molecule has 24 heavy (non-hydrogen) atoms. The van der Waals surface area contributed by atoms with Crippen LogP contribution in [-0.4, -0.2) is 37.3 Å². The van der Waals surface area contributed by atoms with Crippen molar-refractivity contribution in [2.24, 2.45) is 0 Å². The quantitative estimate of drug-likeness (QED) is 0.736. The monoisotopic (exact) mass is 337 g/mol. The molecule has 0 radical (unpaired) electrons. The second kappa shape index (κ2) is 8.68. The maximum Gasteiger partial charge on any atom is 0.341 e. The smallest absolute Gasteiger partial charge is 0.341 e. The summed E-state index contributed by atoms with van der Waals surface area (Å²) in [6.45, 7) is 9.61. The number of benzene rings is 1. The van der Waals surface area contributed by atoms with Crippen molar-refractivity contribution >= 4 is 17.6 Å². The average Bonchev–Trinajstić information content (AvgIpc) is 2.53. The summed E-state index contributed by atoms with van der Waals surface area (Å²) in [6, 6.07) is 4.86. The van der Waals surface area contributed by atoms with Crippen LogP contribution in [0.15, 0.2) is 18.2 Å². The zero-order valence-electron chi connectivity index (χ0n) is 15.3. The standard InChI is InChI=1S/C18H27NO5/c1-7-10-23-18(4,5)17(21)19-13-8-9-15(24-12(2)3)14(11-13)16(20)22-6/h8-9,11-12H,7,10H2,1-6H3,(H,19,21). The first-order valence-electron chi connectivity index (χ1n) is 8.05. The van der Waals surface area contributed by atoms with Gasteiger partial charge in [0.2, 0.25) is 0 Å². The Balaban J connectivity index is 3.00. The van der Waals surface area contributed by atoms with Gasteiger partial charge in [-0.15, -0.1) is 0 Å². The van der Waals surface area contributed by atoms with Crippen LogP contribution in [0.3, 0.4) is 0 Å². The van der Waals surface area contributed by atoms with Crippen molar-refractivity contribution in [3.63, 3.8) is 0 Å². The maximum absolute atomic E-state index is 12.4. The van der Waals surface area contributed by atoms with E-state index in [0.29, 0.717) is 18.0 Å². The second-order valence-electron chi connectivity index (χ2n) is 6.18. The minimum Gasteiger partial charge on any atom is -0.490 e. The number of amides is 1. The molecule has 0 saturated carbocycles. The predicted molar refractivity (Wildman–Crippen MR) is 92.5 cm³/mol. The third-order valence-electron chi connectivity index (χ3n) is 3.22. The molecule has 0 unspecified atom stereocenters. The number of rotatable bonds is 8. The van der Waals surface area contributed by atoms with Crippen molar-refractivity contribution < 1.29 is 23.8 Å². The van der Waals surface area contributed by atoms with Gasteiger partial charge in [0.05, 0.1) is 13.2 Å². The van der Waals surface area contributed by atoms with Gasteiger partial charge in [0.15, 0.2) is 0 Å². The Morgan fingerprint density at radius 1 is 1.25 bits per heavy atom. The van der Waals surface area contributed by atoms with Crippen LogP contribution < -0.4 is 10.1 Å². The van der Waals surface area contributed by atoms with E-state index in [-0.39, 0.29) is 17.6 Å². The van der Waals surface area contributed by atoms with E-state index in [0.717, 1.165) is 6.42 Å². The zero-order valence-corrected chi connectivity index (χ0v) is 15.3. The van der Waals surface area contributed by atoms with Gasteiger partial charge in [-0.2, -0.15) is 0 Å². The molecule has 1 amide bonds. The first kappa shape index (κ1) is 20.0. The molecule has 1 rings (SSSR count). The van der Waals surface area contributed by atoms with Crippen molar-refractivity contribution in [1.82, 2.24) is 0 Å². The SMILES string of the molecule is CCCOC(C)(C)C(=O)Nc1ccc(OC(C)C)c(C(=O)OC)c1. The molecule has 0 aliphatic heterocycles. The number of carbonyl (C=O) groups is 2.